The van der Waals surface area contributed by atoms with E-state index in [0.717, 1.165) is 29.2 Å². The van der Waals surface area contributed by atoms with Crippen molar-refractivity contribution in [3.05, 3.63) is 67.6 Å². The SMILES string of the molecule is C=CC[n+]1ccc(-c2ncc(-c3ccc(OC)cc3)o2)cc1.[O-][Cl+3]([O-])([O-])[O-]. The summed E-state index contributed by atoms with van der Waals surface area (Å²) in [5.74, 6) is 2.16. The molecule has 0 unspecified atom stereocenters. The fraction of sp³-hybridized carbons (Fsp3) is 0.111. The molecule has 142 valence electrons. The molecule has 8 nitrogen and oxygen atoms in total. The Morgan fingerprint density at radius 1 is 1.07 bits per heavy atom. The van der Waals surface area contributed by atoms with Crippen molar-refractivity contribution in [1.82, 2.24) is 4.98 Å². The van der Waals surface area contributed by atoms with Gasteiger partial charge in [0.2, 0.25) is 5.89 Å². The lowest BCUT2D eigenvalue weighted by Crippen LogP contribution is -2.68. The molecule has 1 aromatic carbocycles. The number of oxazole rings is 1. The second-order valence-corrected chi connectivity index (χ2v) is 5.96. The monoisotopic (exact) mass is 392 g/mol. The van der Waals surface area contributed by atoms with Crippen molar-refractivity contribution < 1.29 is 42.6 Å². The molecule has 0 atom stereocenters. The molecule has 0 bridgehead atoms. The molecule has 0 radical (unpaired) electrons. The summed E-state index contributed by atoms with van der Waals surface area (Å²) in [5.41, 5.74) is 1.91. The highest BCUT2D eigenvalue weighted by Gasteiger charge is 2.10. The number of pyridine rings is 1. The fourth-order valence-corrected chi connectivity index (χ4v) is 2.17. The first-order chi connectivity index (χ1) is 12.8. The van der Waals surface area contributed by atoms with Crippen LogP contribution < -0.4 is 27.9 Å². The van der Waals surface area contributed by atoms with Gasteiger partial charge in [0, 0.05) is 23.3 Å². The minimum absolute atomic E-state index is 0.608. The molecule has 2 heterocycles. The third-order valence-electron chi connectivity index (χ3n) is 3.36. The maximum Gasteiger partial charge on any atom is 0.227 e. The molecule has 0 aliphatic rings. The van der Waals surface area contributed by atoms with Crippen LogP contribution in [0.25, 0.3) is 22.8 Å². The molecule has 0 spiro atoms. The zero-order valence-electron chi connectivity index (χ0n) is 14.4. The summed E-state index contributed by atoms with van der Waals surface area (Å²) in [6, 6.07) is 11.7. The Hall–Kier alpha value is -2.75. The van der Waals surface area contributed by atoms with Crippen LogP contribution in [0.5, 0.6) is 5.75 Å². The number of aromatic nitrogens is 2. The summed E-state index contributed by atoms with van der Waals surface area (Å²) in [7, 11) is -3.30. The zero-order valence-corrected chi connectivity index (χ0v) is 15.2. The van der Waals surface area contributed by atoms with Crippen molar-refractivity contribution in [2.75, 3.05) is 7.11 Å². The largest absolute Gasteiger partial charge is 0.497 e. The quantitative estimate of drug-likeness (QED) is 0.391. The van der Waals surface area contributed by atoms with Crippen molar-refractivity contribution in [3.63, 3.8) is 0 Å². The molecule has 3 aromatic rings. The highest BCUT2D eigenvalue weighted by atomic mass is 35.7. The molecule has 3 rings (SSSR count). The minimum atomic E-state index is -4.94. The van der Waals surface area contributed by atoms with E-state index in [-0.39, 0.29) is 0 Å². The summed E-state index contributed by atoms with van der Waals surface area (Å²) in [6.07, 6.45) is 7.55. The van der Waals surface area contributed by atoms with Gasteiger partial charge in [0.25, 0.3) is 0 Å². The third-order valence-corrected chi connectivity index (χ3v) is 3.36. The summed E-state index contributed by atoms with van der Waals surface area (Å²) < 4.78 is 47.0. The Kier molecular flexibility index (Phi) is 7.05. The summed E-state index contributed by atoms with van der Waals surface area (Å²) in [6.45, 7) is 4.51. The van der Waals surface area contributed by atoms with Gasteiger partial charge < -0.3 is 9.15 Å². The van der Waals surface area contributed by atoms with Gasteiger partial charge in [0.05, 0.1) is 13.3 Å². The lowest BCUT2D eigenvalue weighted by atomic mass is 10.2. The van der Waals surface area contributed by atoms with Gasteiger partial charge >= 0.3 is 0 Å². The molecule has 0 saturated carbocycles. The van der Waals surface area contributed by atoms with Gasteiger partial charge in [-0.15, -0.1) is 10.2 Å². The van der Waals surface area contributed by atoms with Crippen molar-refractivity contribution in [2.45, 2.75) is 6.54 Å². The van der Waals surface area contributed by atoms with Crippen LogP contribution in [0.4, 0.5) is 0 Å². The number of hydrogen-bond acceptors (Lipinski definition) is 7. The van der Waals surface area contributed by atoms with Crippen LogP contribution in [0.2, 0.25) is 0 Å². The molecule has 0 aliphatic heterocycles. The average molecular weight is 393 g/mol. The number of halogens is 1. The van der Waals surface area contributed by atoms with Crippen LogP contribution in [-0.2, 0) is 6.54 Å². The van der Waals surface area contributed by atoms with Gasteiger partial charge in [-0.1, -0.05) is 6.58 Å². The number of methoxy groups -OCH3 is 1. The molecule has 9 heteroatoms. The van der Waals surface area contributed by atoms with Crippen molar-refractivity contribution in [3.8, 4) is 28.5 Å². The first kappa shape index (κ1) is 20.6. The molecular formula is C18H17ClN2O6. The van der Waals surface area contributed by atoms with E-state index in [1.54, 1.807) is 13.3 Å². The Labute approximate surface area is 158 Å². The first-order valence-corrected chi connectivity index (χ1v) is 8.86. The predicted octanol–water partition coefficient (Wildman–Crippen LogP) is -1.27. The van der Waals surface area contributed by atoms with E-state index in [0.29, 0.717) is 5.89 Å². The van der Waals surface area contributed by atoms with Gasteiger partial charge in [-0.3, -0.25) is 0 Å². The minimum Gasteiger partial charge on any atom is -0.497 e. The first-order valence-electron chi connectivity index (χ1n) is 7.62. The standard InChI is InChI=1S/C18H17N2O2.ClHO4/c1-3-10-20-11-8-15(9-12-20)18-19-13-17(22-18)14-4-6-16(21-2)7-5-14;2-1(3,4)5/h3-9,11-13H,1,10H2,2H3;(H,2,3,4,5)/q+1;/p-1. The summed E-state index contributed by atoms with van der Waals surface area (Å²) in [5, 5.41) is 0. The van der Waals surface area contributed by atoms with E-state index < -0.39 is 10.2 Å². The molecule has 2 aromatic heterocycles. The maximum atomic E-state index is 8.49. The van der Waals surface area contributed by atoms with Crippen LogP contribution in [0, 0.1) is 10.2 Å². The number of nitrogens with zero attached hydrogens (tertiary/aromatic N) is 2. The Morgan fingerprint density at radius 3 is 2.19 bits per heavy atom. The predicted molar refractivity (Wildman–Crippen MR) is 84.3 cm³/mol. The van der Waals surface area contributed by atoms with E-state index in [2.05, 4.69) is 11.6 Å². The summed E-state index contributed by atoms with van der Waals surface area (Å²) >= 11 is 0. The average Bonchev–Trinajstić information content (AvgIpc) is 3.11. The van der Waals surface area contributed by atoms with Crippen LogP contribution in [0.3, 0.4) is 0 Å². The Morgan fingerprint density at radius 2 is 1.67 bits per heavy atom. The normalized spacial score (nSPS) is 10.7. The number of allylic oxidation sites excluding steroid dienone is 1. The molecule has 0 aliphatic carbocycles. The van der Waals surface area contributed by atoms with Gasteiger partial charge in [-0.2, -0.15) is 0 Å². The van der Waals surface area contributed by atoms with E-state index in [9.17, 15) is 0 Å². The van der Waals surface area contributed by atoms with Gasteiger partial charge in [-0.05, 0) is 30.3 Å². The Bertz CT molecular complexity index is 851. The Balaban J connectivity index is 0.000000465. The van der Waals surface area contributed by atoms with Gasteiger partial charge in [0.15, 0.2) is 24.7 Å². The van der Waals surface area contributed by atoms with Gasteiger partial charge in [0.1, 0.15) is 5.75 Å². The van der Waals surface area contributed by atoms with Crippen LogP contribution in [0.15, 0.2) is 72.1 Å². The molecule has 0 saturated heterocycles. The lowest BCUT2D eigenvalue weighted by molar-refractivity contribution is -2.00. The van der Waals surface area contributed by atoms with Crippen molar-refractivity contribution >= 4 is 0 Å². The molecular weight excluding hydrogens is 376 g/mol. The van der Waals surface area contributed by atoms with E-state index >= 15 is 0 Å². The maximum absolute atomic E-state index is 8.49. The number of ether oxygens (including phenoxy) is 1. The smallest absolute Gasteiger partial charge is 0.227 e. The van der Waals surface area contributed by atoms with Crippen molar-refractivity contribution in [1.29, 1.82) is 0 Å². The fourth-order valence-electron chi connectivity index (χ4n) is 2.17. The topological polar surface area (TPSA) is 131 Å². The van der Waals surface area contributed by atoms with E-state index in [1.807, 2.05) is 59.4 Å². The number of benzene rings is 1. The van der Waals surface area contributed by atoms with E-state index in [1.165, 1.54) is 0 Å². The van der Waals surface area contributed by atoms with Crippen LogP contribution in [-0.4, -0.2) is 12.1 Å². The van der Waals surface area contributed by atoms with Gasteiger partial charge in [-0.25, -0.2) is 28.2 Å². The molecule has 27 heavy (non-hydrogen) atoms. The lowest BCUT2D eigenvalue weighted by Gasteiger charge is -2.17. The van der Waals surface area contributed by atoms with Crippen LogP contribution in [0.1, 0.15) is 0 Å². The number of rotatable bonds is 5. The highest BCUT2D eigenvalue weighted by molar-refractivity contribution is 5.61. The molecule has 0 amide bonds. The van der Waals surface area contributed by atoms with Crippen LogP contribution >= 0.6 is 0 Å². The molecule has 0 fully saturated rings. The summed E-state index contributed by atoms with van der Waals surface area (Å²) in [4.78, 5) is 4.35. The number of hydrogen-bond donors (Lipinski definition) is 0. The molecule has 0 N–H and O–H groups in total. The van der Waals surface area contributed by atoms with Crippen molar-refractivity contribution in [2.24, 2.45) is 0 Å². The highest BCUT2D eigenvalue weighted by Crippen LogP contribution is 2.26. The third kappa shape index (κ3) is 6.81. The second-order valence-electron chi connectivity index (χ2n) is 5.21. The zero-order chi connectivity index (χ0) is 19.9. The van der Waals surface area contributed by atoms with E-state index in [4.69, 9.17) is 27.8 Å². The second kappa shape index (κ2) is 9.26.